The van der Waals surface area contributed by atoms with Crippen molar-refractivity contribution in [2.75, 3.05) is 11.9 Å². The van der Waals surface area contributed by atoms with E-state index in [9.17, 15) is 29.6 Å². The number of nitro benzene ring substituents is 1. The summed E-state index contributed by atoms with van der Waals surface area (Å²) in [5, 5.41) is 23.1. The van der Waals surface area contributed by atoms with Gasteiger partial charge in [0.1, 0.15) is 10.6 Å². The molecule has 0 aliphatic rings. The summed E-state index contributed by atoms with van der Waals surface area (Å²) in [6, 6.07) is 3.39. The second kappa shape index (κ2) is 7.96. The number of ether oxygens (including phenoxy) is 1. The number of hydrogen-bond donors (Lipinski definition) is 2. The molecule has 0 saturated heterocycles. The highest BCUT2D eigenvalue weighted by atomic mass is 32.1. The third kappa shape index (κ3) is 3.95. The van der Waals surface area contributed by atoms with Crippen molar-refractivity contribution in [2.45, 2.75) is 20.8 Å². The molecule has 27 heavy (non-hydrogen) atoms. The van der Waals surface area contributed by atoms with Gasteiger partial charge in [-0.25, -0.2) is 9.59 Å². The number of aromatic carboxylic acids is 1. The van der Waals surface area contributed by atoms with E-state index in [1.54, 1.807) is 20.8 Å². The van der Waals surface area contributed by atoms with Crippen LogP contribution in [-0.2, 0) is 4.74 Å². The summed E-state index contributed by atoms with van der Waals surface area (Å²) < 4.78 is 5.00. The maximum Gasteiger partial charge on any atom is 0.343 e. The number of carbonyl (C=O) groups excluding carboxylic acids is 2. The fourth-order valence-corrected chi connectivity index (χ4v) is 3.48. The van der Waals surface area contributed by atoms with Crippen LogP contribution in [-0.4, -0.2) is 34.5 Å². The summed E-state index contributed by atoms with van der Waals surface area (Å²) in [6.07, 6.45) is 0. The first-order chi connectivity index (χ1) is 12.7. The number of nitrogens with zero attached hydrogens (tertiary/aromatic N) is 1. The van der Waals surface area contributed by atoms with Crippen LogP contribution in [0.1, 0.15) is 48.4 Å². The summed E-state index contributed by atoms with van der Waals surface area (Å²) in [5.41, 5.74) is -0.988. The molecule has 0 fully saturated rings. The Kier molecular flexibility index (Phi) is 5.91. The standard InChI is InChI=1S/C17H16N2O7S/c1-4-26-17(23)12-8(2)9(3)27-15(12)18-14(20)10-6-5-7-11(19(24)25)13(10)16(21)22/h5-7H,4H2,1-3H3,(H,18,20)(H,21,22). The average Bonchev–Trinajstić information content (AvgIpc) is 2.88. The number of aryl methyl sites for hydroxylation is 1. The number of thiophene rings is 1. The Balaban J connectivity index is 2.49. The molecule has 1 aromatic carbocycles. The van der Waals surface area contributed by atoms with Crippen molar-refractivity contribution in [3.05, 3.63) is 55.4 Å². The maximum atomic E-state index is 12.6. The molecule has 1 amide bonds. The summed E-state index contributed by atoms with van der Waals surface area (Å²) >= 11 is 1.13. The number of benzene rings is 1. The Hall–Kier alpha value is -3.27. The summed E-state index contributed by atoms with van der Waals surface area (Å²) in [5.74, 6) is -3.09. The first-order valence-electron chi connectivity index (χ1n) is 7.78. The van der Waals surface area contributed by atoms with Crippen LogP contribution in [0.2, 0.25) is 0 Å². The minimum atomic E-state index is -1.60. The van der Waals surface area contributed by atoms with E-state index in [-0.39, 0.29) is 22.7 Å². The van der Waals surface area contributed by atoms with Gasteiger partial charge in [-0.3, -0.25) is 14.9 Å². The van der Waals surface area contributed by atoms with E-state index in [0.717, 1.165) is 22.3 Å². The van der Waals surface area contributed by atoms with Crippen molar-refractivity contribution in [1.82, 2.24) is 0 Å². The first-order valence-corrected chi connectivity index (χ1v) is 8.59. The van der Waals surface area contributed by atoms with Gasteiger partial charge >= 0.3 is 11.9 Å². The van der Waals surface area contributed by atoms with E-state index in [4.69, 9.17) is 4.74 Å². The van der Waals surface area contributed by atoms with Crippen molar-refractivity contribution in [1.29, 1.82) is 0 Å². The molecule has 2 rings (SSSR count). The van der Waals surface area contributed by atoms with Gasteiger partial charge in [-0.2, -0.15) is 0 Å². The third-order valence-corrected chi connectivity index (χ3v) is 4.91. The highest BCUT2D eigenvalue weighted by molar-refractivity contribution is 7.16. The summed E-state index contributed by atoms with van der Waals surface area (Å²) in [6.45, 7) is 5.25. The second-order valence-corrected chi connectivity index (χ2v) is 6.65. The topological polar surface area (TPSA) is 136 Å². The normalized spacial score (nSPS) is 10.3. The molecule has 0 aliphatic heterocycles. The Morgan fingerprint density at radius 3 is 2.48 bits per heavy atom. The molecule has 142 valence electrons. The van der Waals surface area contributed by atoms with Crippen molar-refractivity contribution < 1.29 is 29.2 Å². The van der Waals surface area contributed by atoms with Crippen LogP contribution in [0.15, 0.2) is 18.2 Å². The second-order valence-electron chi connectivity index (χ2n) is 5.42. The zero-order valence-electron chi connectivity index (χ0n) is 14.7. The van der Waals surface area contributed by atoms with E-state index in [1.165, 1.54) is 12.1 Å². The van der Waals surface area contributed by atoms with Crippen LogP contribution in [0.5, 0.6) is 0 Å². The number of carboxylic acids is 1. The number of rotatable bonds is 6. The Morgan fingerprint density at radius 2 is 1.93 bits per heavy atom. The molecule has 2 aromatic rings. The molecular formula is C17H16N2O7S. The van der Waals surface area contributed by atoms with Crippen molar-refractivity contribution in [3.63, 3.8) is 0 Å². The fourth-order valence-electron chi connectivity index (χ4n) is 2.44. The first kappa shape index (κ1) is 20.0. The van der Waals surface area contributed by atoms with E-state index < -0.39 is 34.0 Å². The molecule has 0 unspecified atom stereocenters. The lowest BCUT2D eigenvalue weighted by atomic mass is 10.0. The SMILES string of the molecule is CCOC(=O)c1c(NC(=O)c2cccc([N+](=O)[O-])c2C(=O)O)sc(C)c1C. The fraction of sp³-hybridized carbons (Fsp3) is 0.235. The predicted octanol–water partition coefficient (Wildman–Crippen LogP) is 3.40. The molecule has 0 bridgehead atoms. The molecular weight excluding hydrogens is 376 g/mol. The molecule has 0 saturated carbocycles. The Morgan fingerprint density at radius 1 is 1.26 bits per heavy atom. The van der Waals surface area contributed by atoms with Crippen LogP contribution in [0.3, 0.4) is 0 Å². The van der Waals surface area contributed by atoms with E-state index in [1.807, 2.05) is 0 Å². The number of carbonyl (C=O) groups is 3. The number of amides is 1. The van der Waals surface area contributed by atoms with Gasteiger partial charge in [-0.05, 0) is 32.4 Å². The van der Waals surface area contributed by atoms with Gasteiger partial charge in [0.15, 0.2) is 0 Å². The third-order valence-electron chi connectivity index (χ3n) is 3.79. The molecule has 1 aromatic heterocycles. The zero-order chi connectivity index (χ0) is 20.3. The molecule has 0 aliphatic carbocycles. The van der Waals surface area contributed by atoms with Gasteiger partial charge in [-0.1, -0.05) is 6.07 Å². The molecule has 0 spiro atoms. The van der Waals surface area contributed by atoms with Crippen LogP contribution >= 0.6 is 11.3 Å². The van der Waals surface area contributed by atoms with Gasteiger partial charge in [0.25, 0.3) is 11.6 Å². The molecule has 0 radical (unpaired) electrons. The minimum Gasteiger partial charge on any atom is -0.477 e. The van der Waals surface area contributed by atoms with Crippen LogP contribution in [0.4, 0.5) is 10.7 Å². The average molecular weight is 392 g/mol. The Bertz CT molecular complexity index is 949. The van der Waals surface area contributed by atoms with E-state index >= 15 is 0 Å². The number of carboxylic acid groups (broad SMARTS) is 1. The smallest absolute Gasteiger partial charge is 0.343 e. The number of hydrogen-bond acceptors (Lipinski definition) is 7. The summed E-state index contributed by atoms with van der Waals surface area (Å²) in [4.78, 5) is 47.2. The number of nitrogens with one attached hydrogen (secondary N) is 1. The number of esters is 1. The van der Waals surface area contributed by atoms with Crippen molar-refractivity contribution in [3.8, 4) is 0 Å². The molecule has 10 heteroatoms. The largest absolute Gasteiger partial charge is 0.477 e. The van der Waals surface area contributed by atoms with E-state index in [0.29, 0.717) is 5.56 Å². The lowest BCUT2D eigenvalue weighted by molar-refractivity contribution is -0.385. The molecule has 0 atom stereocenters. The molecule has 9 nitrogen and oxygen atoms in total. The van der Waals surface area contributed by atoms with Gasteiger partial charge in [0, 0.05) is 10.9 Å². The monoisotopic (exact) mass is 392 g/mol. The Labute approximate surface area is 157 Å². The van der Waals surface area contributed by atoms with Gasteiger partial charge in [0.05, 0.1) is 22.7 Å². The van der Waals surface area contributed by atoms with Gasteiger partial charge in [0.2, 0.25) is 0 Å². The molecule has 1 heterocycles. The van der Waals surface area contributed by atoms with Gasteiger partial charge < -0.3 is 15.2 Å². The van der Waals surface area contributed by atoms with Crippen molar-refractivity contribution >= 4 is 39.9 Å². The lowest BCUT2D eigenvalue weighted by Gasteiger charge is -2.09. The van der Waals surface area contributed by atoms with Crippen LogP contribution < -0.4 is 5.32 Å². The van der Waals surface area contributed by atoms with E-state index in [2.05, 4.69) is 5.32 Å². The zero-order valence-corrected chi connectivity index (χ0v) is 15.5. The highest BCUT2D eigenvalue weighted by Gasteiger charge is 2.28. The minimum absolute atomic E-state index is 0.147. The summed E-state index contributed by atoms with van der Waals surface area (Å²) in [7, 11) is 0. The highest BCUT2D eigenvalue weighted by Crippen LogP contribution is 2.34. The van der Waals surface area contributed by atoms with Crippen LogP contribution in [0, 0.1) is 24.0 Å². The van der Waals surface area contributed by atoms with Crippen molar-refractivity contribution in [2.24, 2.45) is 0 Å². The maximum absolute atomic E-state index is 12.6. The van der Waals surface area contributed by atoms with Gasteiger partial charge in [-0.15, -0.1) is 11.3 Å². The quantitative estimate of drug-likeness (QED) is 0.437. The lowest BCUT2D eigenvalue weighted by Crippen LogP contribution is -2.19. The number of anilines is 1. The predicted molar refractivity (Wildman–Crippen MR) is 97.8 cm³/mol. The molecule has 2 N–H and O–H groups in total. The number of nitro groups is 1. The van der Waals surface area contributed by atoms with Crippen LogP contribution in [0.25, 0.3) is 0 Å².